The number of halogens is 4. The third kappa shape index (κ3) is 4.72. The summed E-state index contributed by atoms with van der Waals surface area (Å²) in [5.41, 5.74) is 0.685. The fourth-order valence-corrected chi connectivity index (χ4v) is 4.39. The number of aliphatic hydroxyl groups excluding tert-OH is 1. The van der Waals surface area contributed by atoms with Crippen LogP contribution in [-0.4, -0.2) is 35.3 Å². The summed E-state index contributed by atoms with van der Waals surface area (Å²) in [5.74, 6) is -3.18. The number of aromatic nitrogens is 1. The number of ether oxygens (including phenoxy) is 2. The van der Waals surface area contributed by atoms with E-state index in [9.17, 15) is 27.9 Å². The average molecular weight is 519 g/mol. The Morgan fingerprint density at radius 3 is 2.53 bits per heavy atom. The first kappa shape index (κ1) is 25.1. The summed E-state index contributed by atoms with van der Waals surface area (Å²) >= 11 is 6.26. The topological polar surface area (TPSA) is 89.0 Å². The van der Waals surface area contributed by atoms with Crippen LogP contribution in [0.5, 0.6) is 11.5 Å². The van der Waals surface area contributed by atoms with Crippen LogP contribution in [0.4, 0.5) is 18.9 Å². The quantitative estimate of drug-likeness (QED) is 0.269. The largest absolute Gasteiger partial charge is 0.573 e. The van der Waals surface area contributed by atoms with Gasteiger partial charge in [0.25, 0.3) is 11.7 Å². The predicted molar refractivity (Wildman–Crippen MR) is 125 cm³/mol. The SMILES string of the molecule is COc1c(Cl)cc(C)cc1/C(O)=C1\C(=O)C(=O)N(c2cccc(OC(F)(F)F)c2)C1c1cccnc1. The molecule has 0 saturated carbocycles. The van der Waals surface area contributed by atoms with Gasteiger partial charge in [-0.25, -0.2) is 0 Å². The average Bonchev–Trinajstić information content (AvgIpc) is 3.08. The maximum absolute atomic E-state index is 13.3. The van der Waals surface area contributed by atoms with E-state index < -0.39 is 35.6 Å². The van der Waals surface area contributed by atoms with Crippen molar-refractivity contribution in [2.75, 3.05) is 12.0 Å². The van der Waals surface area contributed by atoms with E-state index in [2.05, 4.69) is 9.72 Å². The summed E-state index contributed by atoms with van der Waals surface area (Å²) in [6.07, 6.45) is -2.11. The lowest BCUT2D eigenvalue weighted by atomic mass is 9.95. The van der Waals surface area contributed by atoms with Crippen LogP contribution in [0.1, 0.15) is 22.7 Å². The van der Waals surface area contributed by atoms with Gasteiger partial charge in [0.2, 0.25) is 0 Å². The number of methoxy groups -OCH3 is 1. The third-order valence-corrected chi connectivity index (χ3v) is 5.70. The van der Waals surface area contributed by atoms with E-state index in [0.717, 1.165) is 17.0 Å². The Morgan fingerprint density at radius 2 is 1.89 bits per heavy atom. The molecule has 2 heterocycles. The van der Waals surface area contributed by atoms with Crippen LogP contribution in [-0.2, 0) is 9.59 Å². The number of rotatable bonds is 5. The molecule has 1 saturated heterocycles. The number of nitrogens with zero attached hydrogens (tertiary/aromatic N) is 2. The van der Waals surface area contributed by atoms with Crippen LogP contribution < -0.4 is 14.4 Å². The third-order valence-electron chi connectivity index (χ3n) is 5.42. The van der Waals surface area contributed by atoms with Gasteiger partial charge in [-0.15, -0.1) is 13.2 Å². The molecule has 1 unspecified atom stereocenters. The highest BCUT2D eigenvalue weighted by Crippen LogP contribution is 2.45. The molecular weight excluding hydrogens is 501 g/mol. The highest BCUT2D eigenvalue weighted by molar-refractivity contribution is 6.51. The second-order valence-corrected chi connectivity index (χ2v) is 8.24. The lowest BCUT2D eigenvalue weighted by Gasteiger charge is -2.25. The molecule has 0 bridgehead atoms. The Morgan fingerprint density at radius 1 is 1.14 bits per heavy atom. The Labute approximate surface area is 208 Å². The van der Waals surface area contributed by atoms with Crippen molar-refractivity contribution < 1.29 is 37.3 Å². The minimum Gasteiger partial charge on any atom is -0.507 e. The van der Waals surface area contributed by atoms with Crippen molar-refractivity contribution in [3.63, 3.8) is 0 Å². The van der Waals surface area contributed by atoms with Gasteiger partial charge < -0.3 is 14.6 Å². The van der Waals surface area contributed by atoms with Gasteiger partial charge in [-0.1, -0.05) is 23.7 Å². The first-order valence-corrected chi connectivity index (χ1v) is 10.8. The van der Waals surface area contributed by atoms with Gasteiger partial charge in [0.05, 0.1) is 29.3 Å². The molecule has 3 aromatic rings. The number of Topliss-reactive ketones (excluding diaryl/α,β-unsaturated/α-hetero) is 1. The summed E-state index contributed by atoms with van der Waals surface area (Å²) in [6.45, 7) is 1.71. The number of aliphatic hydroxyl groups is 1. The zero-order valence-electron chi connectivity index (χ0n) is 18.8. The molecule has 1 amide bonds. The van der Waals surface area contributed by atoms with Gasteiger partial charge in [0.15, 0.2) is 0 Å². The van der Waals surface area contributed by atoms with Crippen LogP contribution in [0.3, 0.4) is 0 Å². The maximum atomic E-state index is 13.3. The van der Waals surface area contributed by atoms with Gasteiger partial charge in [0.1, 0.15) is 17.3 Å². The van der Waals surface area contributed by atoms with E-state index in [4.69, 9.17) is 16.3 Å². The molecule has 1 N–H and O–H groups in total. The Balaban J connectivity index is 1.95. The molecule has 2 aromatic carbocycles. The molecule has 11 heteroatoms. The van der Waals surface area contributed by atoms with Crippen LogP contribution in [0.15, 0.2) is 66.5 Å². The van der Waals surface area contributed by atoms with Crippen molar-refractivity contribution in [3.8, 4) is 11.5 Å². The Bertz CT molecular complexity index is 1380. The molecule has 0 aliphatic carbocycles. The summed E-state index contributed by atoms with van der Waals surface area (Å²) in [5, 5.41) is 11.5. The molecular formula is C25H18ClF3N2O5. The summed E-state index contributed by atoms with van der Waals surface area (Å²) < 4.78 is 47.7. The molecule has 0 spiro atoms. The first-order chi connectivity index (χ1) is 17.0. The number of amides is 1. The molecule has 1 aromatic heterocycles. The number of pyridine rings is 1. The normalized spacial score (nSPS) is 17.4. The lowest BCUT2D eigenvalue weighted by molar-refractivity contribution is -0.274. The molecule has 4 rings (SSSR count). The maximum Gasteiger partial charge on any atom is 0.573 e. The molecule has 1 fully saturated rings. The number of carbonyl (C=O) groups is 2. The standard InChI is InChI=1S/C25H18ClF3N2O5/c1-13-9-17(23(35-2)18(26)10-13)21(32)19-20(14-5-4-8-30-12-14)31(24(34)22(19)33)15-6-3-7-16(11-15)36-25(27,28)29/h3-12,20,32H,1-2H3/b21-19+. The minimum absolute atomic E-state index is 0.0546. The number of ketones is 1. The van der Waals surface area contributed by atoms with Crippen molar-refractivity contribution in [1.29, 1.82) is 0 Å². The molecule has 1 atom stereocenters. The van der Waals surface area contributed by atoms with Crippen LogP contribution in [0.25, 0.3) is 5.76 Å². The molecule has 36 heavy (non-hydrogen) atoms. The van der Waals surface area contributed by atoms with E-state index >= 15 is 0 Å². The molecule has 0 radical (unpaired) electrons. The van der Waals surface area contributed by atoms with Crippen molar-refractivity contribution in [1.82, 2.24) is 4.98 Å². The second kappa shape index (κ2) is 9.54. The van der Waals surface area contributed by atoms with Crippen molar-refractivity contribution in [3.05, 3.63) is 88.2 Å². The van der Waals surface area contributed by atoms with E-state index in [-0.39, 0.29) is 27.6 Å². The number of hydrogen-bond donors (Lipinski definition) is 1. The van der Waals surface area contributed by atoms with Crippen LogP contribution >= 0.6 is 11.6 Å². The highest BCUT2D eigenvalue weighted by Gasteiger charge is 2.47. The minimum atomic E-state index is -4.96. The fourth-order valence-electron chi connectivity index (χ4n) is 4.04. The smallest absolute Gasteiger partial charge is 0.507 e. The molecule has 7 nitrogen and oxygen atoms in total. The van der Waals surface area contributed by atoms with Gasteiger partial charge >= 0.3 is 6.36 Å². The van der Waals surface area contributed by atoms with E-state index in [1.807, 2.05) is 0 Å². The number of benzene rings is 2. The fraction of sp³-hybridized carbons (Fsp3) is 0.160. The molecule has 1 aliphatic heterocycles. The zero-order valence-corrected chi connectivity index (χ0v) is 19.6. The number of aryl methyl sites for hydroxylation is 1. The van der Waals surface area contributed by atoms with Gasteiger partial charge in [0, 0.05) is 24.1 Å². The van der Waals surface area contributed by atoms with E-state index in [1.54, 1.807) is 25.1 Å². The summed E-state index contributed by atoms with van der Waals surface area (Å²) in [6, 6.07) is 9.68. The lowest BCUT2D eigenvalue weighted by Crippen LogP contribution is -2.29. The van der Waals surface area contributed by atoms with Gasteiger partial charge in [-0.05, 0) is 48.4 Å². The van der Waals surface area contributed by atoms with Crippen molar-refractivity contribution in [2.24, 2.45) is 0 Å². The number of carbonyl (C=O) groups excluding carboxylic acids is 2. The van der Waals surface area contributed by atoms with Gasteiger partial charge in [-0.2, -0.15) is 0 Å². The number of hydrogen-bond acceptors (Lipinski definition) is 6. The predicted octanol–water partition coefficient (Wildman–Crippen LogP) is 5.58. The highest BCUT2D eigenvalue weighted by atomic mass is 35.5. The monoisotopic (exact) mass is 518 g/mol. The first-order valence-electron chi connectivity index (χ1n) is 10.4. The number of anilines is 1. The summed E-state index contributed by atoms with van der Waals surface area (Å²) in [4.78, 5) is 31.5. The molecule has 1 aliphatic rings. The summed E-state index contributed by atoms with van der Waals surface area (Å²) in [7, 11) is 1.33. The van der Waals surface area contributed by atoms with Crippen molar-refractivity contribution in [2.45, 2.75) is 19.3 Å². The van der Waals surface area contributed by atoms with Gasteiger partial charge in [-0.3, -0.25) is 19.5 Å². The zero-order chi connectivity index (χ0) is 26.2. The Hall–Kier alpha value is -4.05. The van der Waals surface area contributed by atoms with Crippen LogP contribution in [0, 0.1) is 6.92 Å². The van der Waals surface area contributed by atoms with Crippen molar-refractivity contribution >= 4 is 34.7 Å². The molecule has 186 valence electrons. The van der Waals surface area contributed by atoms with Crippen LogP contribution in [0.2, 0.25) is 5.02 Å². The van der Waals surface area contributed by atoms with E-state index in [0.29, 0.717) is 11.1 Å². The van der Waals surface area contributed by atoms with E-state index in [1.165, 1.54) is 37.7 Å². The second-order valence-electron chi connectivity index (χ2n) is 7.83. The Kier molecular flexibility index (Phi) is 6.64. The number of alkyl halides is 3.